The van der Waals surface area contributed by atoms with Gasteiger partial charge in [-0.3, -0.25) is 9.78 Å². The number of carbonyl (C=O) groups is 1. The number of benzene rings is 2. The van der Waals surface area contributed by atoms with Crippen LogP contribution >= 0.6 is 39.1 Å². The van der Waals surface area contributed by atoms with Crippen LogP contribution in [0.2, 0.25) is 10.0 Å². The van der Waals surface area contributed by atoms with Crippen molar-refractivity contribution < 1.29 is 9.53 Å². The van der Waals surface area contributed by atoms with Crippen molar-refractivity contribution in [1.29, 1.82) is 0 Å². The van der Waals surface area contributed by atoms with E-state index in [1.807, 2.05) is 41.9 Å². The predicted octanol–water partition coefficient (Wildman–Crippen LogP) is 6.12. The Balaban J connectivity index is 1.53. The highest BCUT2D eigenvalue weighted by molar-refractivity contribution is 9.10. The minimum Gasteiger partial charge on any atom is -0.488 e. The van der Waals surface area contributed by atoms with Gasteiger partial charge >= 0.3 is 0 Å². The number of ether oxygens (including phenoxy) is 1. The molecule has 1 amide bonds. The number of pyridine rings is 1. The Labute approximate surface area is 226 Å². The first-order valence-corrected chi connectivity index (χ1v) is 12.8. The lowest BCUT2D eigenvalue weighted by atomic mass is 10.1. The number of carbonyl (C=O) groups excluding carboxylic acids is 1. The van der Waals surface area contributed by atoms with Crippen LogP contribution in [0.25, 0.3) is 11.0 Å². The van der Waals surface area contributed by atoms with E-state index >= 15 is 0 Å². The third kappa shape index (κ3) is 5.15. The van der Waals surface area contributed by atoms with Gasteiger partial charge in [-0.05, 0) is 43.8 Å². The normalized spacial score (nSPS) is 15.9. The molecule has 1 saturated heterocycles. The molecule has 2 N–H and O–H groups in total. The highest BCUT2D eigenvalue weighted by atomic mass is 79.9. The van der Waals surface area contributed by atoms with Crippen molar-refractivity contribution in [3.05, 3.63) is 68.9 Å². The second kappa shape index (κ2) is 10.3. The van der Waals surface area contributed by atoms with E-state index in [1.54, 1.807) is 6.07 Å². The zero-order chi connectivity index (χ0) is 25.4. The molecule has 5 rings (SSSR count). The van der Waals surface area contributed by atoms with E-state index in [1.165, 1.54) is 12.4 Å². The second-order valence-electron chi connectivity index (χ2n) is 8.69. The van der Waals surface area contributed by atoms with Crippen molar-refractivity contribution in [2.45, 2.75) is 12.5 Å². The van der Waals surface area contributed by atoms with Crippen molar-refractivity contribution in [1.82, 2.24) is 19.4 Å². The number of nitrogens with zero attached hydrogens (tertiary/aromatic N) is 4. The number of imidazole rings is 1. The maximum atomic E-state index is 13.4. The SMILES string of the molecule is CN1CCC(Oc2cc3c(cc2C(=O)Nc2ccc(Br)cc2)nc(Nc2c(Cl)cncc2Cl)n3C)C1. The molecule has 2 aromatic heterocycles. The lowest BCUT2D eigenvalue weighted by Gasteiger charge is -2.17. The Bertz CT molecular complexity index is 1420. The Morgan fingerprint density at radius 1 is 1.14 bits per heavy atom. The molecule has 186 valence electrons. The first-order valence-electron chi connectivity index (χ1n) is 11.3. The Kier molecular flexibility index (Phi) is 7.07. The average Bonchev–Trinajstić information content (AvgIpc) is 3.39. The number of aromatic nitrogens is 3. The number of anilines is 3. The van der Waals surface area contributed by atoms with E-state index in [9.17, 15) is 4.79 Å². The van der Waals surface area contributed by atoms with Crippen LogP contribution in [-0.4, -0.2) is 51.6 Å². The average molecular weight is 590 g/mol. The van der Waals surface area contributed by atoms with E-state index in [2.05, 4.69) is 43.5 Å². The fraction of sp³-hybridized carbons (Fsp3) is 0.240. The lowest BCUT2D eigenvalue weighted by molar-refractivity contribution is 0.102. The molecule has 11 heteroatoms. The molecule has 3 heterocycles. The zero-order valence-corrected chi connectivity index (χ0v) is 22.7. The van der Waals surface area contributed by atoms with E-state index < -0.39 is 0 Å². The maximum Gasteiger partial charge on any atom is 0.259 e. The van der Waals surface area contributed by atoms with Gasteiger partial charge in [0.25, 0.3) is 5.91 Å². The molecule has 1 atom stereocenters. The topological polar surface area (TPSA) is 84.3 Å². The van der Waals surface area contributed by atoms with Gasteiger partial charge in [-0.25, -0.2) is 4.98 Å². The number of likely N-dealkylation sites (N-methyl/N-ethyl adjacent to an activating group) is 1. The minimum atomic E-state index is -0.277. The van der Waals surface area contributed by atoms with Gasteiger partial charge in [0.15, 0.2) is 0 Å². The molecule has 0 aliphatic carbocycles. The summed E-state index contributed by atoms with van der Waals surface area (Å²) in [6.07, 6.45) is 3.90. The third-order valence-corrected chi connectivity index (χ3v) is 7.16. The summed E-state index contributed by atoms with van der Waals surface area (Å²) in [6, 6.07) is 11.0. The molecule has 1 unspecified atom stereocenters. The quantitative estimate of drug-likeness (QED) is 0.282. The van der Waals surface area contributed by atoms with Crippen LogP contribution in [0.1, 0.15) is 16.8 Å². The summed E-state index contributed by atoms with van der Waals surface area (Å²) in [5.74, 6) is 0.741. The largest absolute Gasteiger partial charge is 0.488 e. The highest BCUT2D eigenvalue weighted by Crippen LogP contribution is 2.34. The highest BCUT2D eigenvalue weighted by Gasteiger charge is 2.25. The Hall–Kier alpha value is -2.85. The predicted molar refractivity (Wildman–Crippen MR) is 147 cm³/mol. The van der Waals surface area contributed by atoms with E-state index in [0.717, 1.165) is 29.5 Å². The van der Waals surface area contributed by atoms with Crippen LogP contribution in [0, 0.1) is 0 Å². The van der Waals surface area contributed by atoms with Gasteiger partial charge in [-0.1, -0.05) is 39.1 Å². The Morgan fingerprint density at radius 2 is 1.86 bits per heavy atom. The molecule has 8 nitrogen and oxygen atoms in total. The van der Waals surface area contributed by atoms with Gasteiger partial charge < -0.3 is 24.8 Å². The number of aryl methyl sites for hydroxylation is 1. The molecule has 1 aliphatic heterocycles. The molecule has 0 bridgehead atoms. The number of rotatable bonds is 6. The number of fused-ring (bicyclic) bond motifs is 1. The maximum absolute atomic E-state index is 13.4. The first-order chi connectivity index (χ1) is 17.3. The van der Waals surface area contributed by atoms with Gasteiger partial charge in [-0.2, -0.15) is 0 Å². The summed E-state index contributed by atoms with van der Waals surface area (Å²) in [6.45, 7) is 1.74. The molecule has 0 spiro atoms. The molecule has 0 saturated carbocycles. The standard InChI is InChI=1S/C25H23BrCl2N6O2/c1-33-8-7-16(13-33)36-22-10-21-20(9-17(22)24(35)30-15-5-3-14(26)4-6-15)31-25(34(21)2)32-23-18(27)11-29-12-19(23)28/h3-6,9-12,16H,7-8,13H2,1-2H3,(H,30,35)(H,29,31,32). The third-order valence-electron chi connectivity index (χ3n) is 6.06. The molecule has 36 heavy (non-hydrogen) atoms. The Morgan fingerprint density at radius 3 is 2.53 bits per heavy atom. The summed E-state index contributed by atoms with van der Waals surface area (Å²) >= 11 is 16.0. The van der Waals surface area contributed by atoms with Crippen LogP contribution in [0.4, 0.5) is 17.3 Å². The number of nitrogens with one attached hydrogen (secondary N) is 2. The van der Waals surface area contributed by atoms with Crippen LogP contribution in [-0.2, 0) is 7.05 Å². The van der Waals surface area contributed by atoms with Crippen LogP contribution < -0.4 is 15.4 Å². The van der Waals surface area contributed by atoms with Gasteiger partial charge in [0.05, 0.1) is 32.3 Å². The van der Waals surface area contributed by atoms with E-state index in [-0.39, 0.29) is 12.0 Å². The summed E-state index contributed by atoms with van der Waals surface area (Å²) in [7, 11) is 3.93. The van der Waals surface area contributed by atoms with Gasteiger partial charge in [0.2, 0.25) is 5.95 Å². The van der Waals surface area contributed by atoms with Crippen molar-refractivity contribution in [3.8, 4) is 5.75 Å². The first kappa shape index (κ1) is 24.8. The van der Waals surface area contributed by atoms with Gasteiger partial charge in [0, 0.05) is 48.8 Å². The summed E-state index contributed by atoms with van der Waals surface area (Å²) < 4.78 is 9.16. The monoisotopic (exact) mass is 588 g/mol. The van der Waals surface area contributed by atoms with Gasteiger partial charge in [0.1, 0.15) is 11.9 Å². The van der Waals surface area contributed by atoms with Crippen LogP contribution in [0.15, 0.2) is 53.3 Å². The molecular weight excluding hydrogens is 567 g/mol. The summed E-state index contributed by atoms with van der Waals surface area (Å²) in [5, 5.41) is 6.89. The minimum absolute atomic E-state index is 0.00747. The number of hydrogen-bond acceptors (Lipinski definition) is 6. The fourth-order valence-electron chi connectivity index (χ4n) is 4.15. The van der Waals surface area contributed by atoms with E-state index in [4.69, 9.17) is 32.9 Å². The van der Waals surface area contributed by atoms with Crippen molar-refractivity contribution in [2.24, 2.45) is 7.05 Å². The van der Waals surface area contributed by atoms with E-state index in [0.29, 0.717) is 44.2 Å². The molecule has 1 fully saturated rings. The number of hydrogen-bond donors (Lipinski definition) is 2. The number of likely N-dealkylation sites (tertiary alicyclic amines) is 1. The fourth-order valence-corrected chi connectivity index (χ4v) is 4.87. The van der Waals surface area contributed by atoms with Crippen LogP contribution in [0.5, 0.6) is 5.75 Å². The molecule has 1 aliphatic rings. The molecule has 4 aromatic rings. The molecular formula is C25H23BrCl2N6O2. The number of amides is 1. The summed E-state index contributed by atoms with van der Waals surface area (Å²) in [4.78, 5) is 24.3. The smallest absolute Gasteiger partial charge is 0.259 e. The summed E-state index contributed by atoms with van der Waals surface area (Å²) in [5.41, 5.74) is 3.01. The second-order valence-corrected chi connectivity index (χ2v) is 10.4. The van der Waals surface area contributed by atoms with Crippen molar-refractivity contribution in [2.75, 3.05) is 30.8 Å². The van der Waals surface area contributed by atoms with Crippen LogP contribution in [0.3, 0.4) is 0 Å². The molecule has 2 aromatic carbocycles. The lowest BCUT2D eigenvalue weighted by Crippen LogP contribution is -2.23. The van der Waals surface area contributed by atoms with Crippen molar-refractivity contribution >= 4 is 73.4 Å². The molecule has 0 radical (unpaired) electrons. The zero-order valence-electron chi connectivity index (χ0n) is 19.6. The number of halogens is 3. The van der Waals surface area contributed by atoms with Gasteiger partial charge in [-0.15, -0.1) is 0 Å². The van der Waals surface area contributed by atoms with Crippen molar-refractivity contribution in [3.63, 3.8) is 0 Å².